The molecule has 1 aromatic rings. The molecule has 0 saturated carbocycles. The molecule has 15 heavy (non-hydrogen) atoms. The van der Waals surface area contributed by atoms with Crippen molar-refractivity contribution in [1.29, 1.82) is 5.26 Å². The summed E-state index contributed by atoms with van der Waals surface area (Å²) in [6.45, 7) is 0.256. The summed E-state index contributed by atoms with van der Waals surface area (Å²) in [6, 6.07) is 1.94. The lowest BCUT2D eigenvalue weighted by atomic mass is 10.3. The van der Waals surface area contributed by atoms with Crippen LogP contribution in [-0.2, 0) is 17.1 Å². The second kappa shape index (κ2) is 4.91. The van der Waals surface area contributed by atoms with E-state index in [2.05, 4.69) is 9.71 Å². The number of aromatic nitrogens is 2. The summed E-state index contributed by atoms with van der Waals surface area (Å²) in [5.41, 5.74) is 0. The summed E-state index contributed by atoms with van der Waals surface area (Å²) in [7, 11) is -1.82. The molecule has 7 heteroatoms. The molecule has 0 bridgehead atoms. The summed E-state index contributed by atoms with van der Waals surface area (Å²) in [5.74, 6) is 0. The fraction of sp³-hybridized carbons (Fsp3) is 0.500. The summed E-state index contributed by atoms with van der Waals surface area (Å²) >= 11 is 0. The van der Waals surface area contributed by atoms with Crippen LogP contribution in [0.25, 0.3) is 0 Å². The normalized spacial score (nSPS) is 11.2. The Kier molecular flexibility index (Phi) is 3.82. The number of imidazole rings is 1. The van der Waals surface area contributed by atoms with Gasteiger partial charge < -0.3 is 4.57 Å². The molecule has 1 heterocycles. The van der Waals surface area contributed by atoms with Crippen LogP contribution in [-0.4, -0.2) is 24.5 Å². The van der Waals surface area contributed by atoms with Crippen molar-refractivity contribution in [3.05, 3.63) is 12.5 Å². The maximum Gasteiger partial charge on any atom is 0.259 e. The Hall–Kier alpha value is -1.39. The van der Waals surface area contributed by atoms with Gasteiger partial charge in [-0.15, -0.1) is 0 Å². The van der Waals surface area contributed by atoms with Crippen LogP contribution in [0.3, 0.4) is 0 Å². The van der Waals surface area contributed by atoms with Gasteiger partial charge in [-0.25, -0.2) is 18.1 Å². The van der Waals surface area contributed by atoms with Crippen LogP contribution < -0.4 is 4.72 Å². The van der Waals surface area contributed by atoms with E-state index in [1.165, 1.54) is 12.5 Å². The van der Waals surface area contributed by atoms with E-state index in [1.54, 1.807) is 11.6 Å². The minimum absolute atomic E-state index is 0.00181. The van der Waals surface area contributed by atoms with Gasteiger partial charge in [0.1, 0.15) is 0 Å². The van der Waals surface area contributed by atoms with Crippen molar-refractivity contribution >= 4 is 10.0 Å². The molecule has 0 aliphatic rings. The van der Waals surface area contributed by atoms with Crippen molar-refractivity contribution in [3.63, 3.8) is 0 Å². The van der Waals surface area contributed by atoms with Crippen molar-refractivity contribution in [2.75, 3.05) is 6.54 Å². The first kappa shape index (κ1) is 11.7. The molecule has 0 spiro atoms. The SMILES string of the molecule is Cn1cnc(S(=O)(=O)NCCCC#N)c1. The van der Waals surface area contributed by atoms with Gasteiger partial charge in [0.2, 0.25) is 0 Å². The Balaban J connectivity index is 2.57. The van der Waals surface area contributed by atoms with Gasteiger partial charge in [-0.1, -0.05) is 0 Å². The van der Waals surface area contributed by atoms with Crippen LogP contribution in [0, 0.1) is 11.3 Å². The molecule has 0 unspecified atom stereocenters. The number of sulfonamides is 1. The average Bonchev–Trinajstić information content (AvgIpc) is 2.60. The molecule has 0 radical (unpaired) electrons. The van der Waals surface area contributed by atoms with E-state index in [0.29, 0.717) is 12.8 Å². The molecule has 0 aliphatic carbocycles. The number of nitrogens with one attached hydrogen (secondary N) is 1. The third-order valence-electron chi connectivity index (χ3n) is 1.71. The van der Waals surface area contributed by atoms with Gasteiger partial charge >= 0.3 is 0 Å². The van der Waals surface area contributed by atoms with Gasteiger partial charge in [-0.05, 0) is 6.42 Å². The first-order chi connectivity index (χ1) is 7.06. The molecule has 0 aromatic carbocycles. The maximum atomic E-state index is 11.5. The maximum absolute atomic E-state index is 11.5. The Bertz CT molecular complexity index is 457. The molecule has 0 saturated heterocycles. The van der Waals surface area contributed by atoms with Gasteiger partial charge in [-0.2, -0.15) is 5.26 Å². The third-order valence-corrected chi connectivity index (χ3v) is 3.06. The highest BCUT2D eigenvalue weighted by molar-refractivity contribution is 7.89. The minimum Gasteiger partial charge on any atom is -0.339 e. The van der Waals surface area contributed by atoms with Gasteiger partial charge in [0.15, 0.2) is 5.03 Å². The quantitative estimate of drug-likeness (QED) is 0.719. The fourth-order valence-corrected chi connectivity index (χ4v) is 2.03. The topological polar surface area (TPSA) is 87.8 Å². The van der Waals surface area contributed by atoms with Gasteiger partial charge in [0.25, 0.3) is 10.0 Å². The number of hydrogen-bond donors (Lipinski definition) is 1. The second-order valence-electron chi connectivity index (χ2n) is 3.04. The third kappa shape index (κ3) is 3.34. The average molecular weight is 228 g/mol. The van der Waals surface area contributed by atoms with Gasteiger partial charge in [0.05, 0.1) is 12.4 Å². The Morgan fingerprint density at radius 1 is 1.67 bits per heavy atom. The van der Waals surface area contributed by atoms with E-state index in [1.807, 2.05) is 6.07 Å². The van der Waals surface area contributed by atoms with Crippen molar-refractivity contribution in [2.24, 2.45) is 7.05 Å². The predicted octanol–water partition coefficient (Wildman–Crippen LogP) is 0.00218. The fourth-order valence-electron chi connectivity index (χ4n) is 0.976. The summed E-state index contributed by atoms with van der Waals surface area (Å²) < 4.78 is 27.0. The first-order valence-electron chi connectivity index (χ1n) is 4.41. The summed E-state index contributed by atoms with van der Waals surface area (Å²) in [6.07, 6.45) is 3.68. The Morgan fingerprint density at radius 2 is 2.40 bits per heavy atom. The van der Waals surface area contributed by atoms with Crippen LogP contribution in [0.1, 0.15) is 12.8 Å². The summed E-state index contributed by atoms with van der Waals surface area (Å²) in [5, 5.41) is 8.27. The van der Waals surface area contributed by atoms with Gasteiger partial charge in [0, 0.05) is 26.2 Å². The zero-order valence-corrected chi connectivity index (χ0v) is 9.16. The zero-order valence-electron chi connectivity index (χ0n) is 8.34. The van der Waals surface area contributed by atoms with E-state index in [4.69, 9.17) is 5.26 Å². The molecule has 1 aromatic heterocycles. The van der Waals surface area contributed by atoms with E-state index < -0.39 is 10.0 Å². The molecule has 82 valence electrons. The molecule has 0 atom stereocenters. The monoisotopic (exact) mass is 228 g/mol. The van der Waals surface area contributed by atoms with Crippen molar-refractivity contribution in [2.45, 2.75) is 17.9 Å². The second-order valence-corrected chi connectivity index (χ2v) is 4.75. The van der Waals surface area contributed by atoms with Crippen LogP contribution in [0.2, 0.25) is 0 Å². The number of nitriles is 1. The number of hydrogen-bond acceptors (Lipinski definition) is 4. The molecular formula is C8H12N4O2S. The van der Waals surface area contributed by atoms with E-state index in [0.717, 1.165) is 0 Å². The number of nitrogens with zero attached hydrogens (tertiary/aromatic N) is 3. The molecule has 0 fully saturated rings. The van der Waals surface area contributed by atoms with Crippen LogP contribution in [0.5, 0.6) is 0 Å². The Labute approximate surface area is 88.6 Å². The van der Waals surface area contributed by atoms with Crippen molar-refractivity contribution in [1.82, 2.24) is 14.3 Å². The largest absolute Gasteiger partial charge is 0.339 e. The highest BCUT2D eigenvalue weighted by Gasteiger charge is 2.15. The van der Waals surface area contributed by atoms with E-state index in [9.17, 15) is 8.42 Å². The molecule has 0 amide bonds. The van der Waals surface area contributed by atoms with E-state index in [-0.39, 0.29) is 11.6 Å². The van der Waals surface area contributed by atoms with Crippen molar-refractivity contribution in [3.8, 4) is 6.07 Å². The Morgan fingerprint density at radius 3 is 2.93 bits per heavy atom. The number of aryl methyl sites for hydroxylation is 1. The van der Waals surface area contributed by atoms with Crippen molar-refractivity contribution < 1.29 is 8.42 Å². The highest BCUT2D eigenvalue weighted by Crippen LogP contribution is 2.03. The standard InChI is InChI=1S/C8H12N4O2S/c1-12-6-8(10-7-12)15(13,14)11-5-3-2-4-9/h6-7,11H,2-3,5H2,1H3. The summed E-state index contributed by atoms with van der Waals surface area (Å²) in [4.78, 5) is 3.73. The molecule has 6 nitrogen and oxygen atoms in total. The van der Waals surface area contributed by atoms with Crippen LogP contribution in [0.15, 0.2) is 17.6 Å². The predicted molar refractivity (Wildman–Crippen MR) is 53.2 cm³/mol. The first-order valence-corrected chi connectivity index (χ1v) is 5.89. The highest BCUT2D eigenvalue weighted by atomic mass is 32.2. The lowest BCUT2D eigenvalue weighted by molar-refractivity contribution is 0.576. The molecular weight excluding hydrogens is 216 g/mol. The number of unbranched alkanes of at least 4 members (excludes halogenated alkanes) is 1. The van der Waals surface area contributed by atoms with Crippen LogP contribution >= 0.6 is 0 Å². The zero-order chi connectivity index (χ0) is 11.3. The van der Waals surface area contributed by atoms with Gasteiger partial charge in [-0.3, -0.25) is 0 Å². The van der Waals surface area contributed by atoms with E-state index >= 15 is 0 Å². The lowest BCUT2D eigenvalue weighted by Gasteiger charge is -2.01. The minimum atomic E-state index is -3.51. The smallest absolute Gasteiger partial charge is 0.259 e. The lowest BCUT2D eigenvalue weighted by Crippen LogP contribution is -2.25. The number of rotatable bonds is 5. The molecule has 0 aliphatic heterocycles. The van der Waals surface area contributed by atoms with Crippen LogP contribution in [0.4, 0.5) is 0 Å². The molecule has 1 rings (SSSR count). The molecule has 1 N–H and O–H groups in total.